The van der Waals surface area contributed by atoms with Crippen LogP contribution in [0.25, 0.3) is 0 Å². The number of benzene rings is 2. The number of carbonyl (C=O) groups excluding carboxylic acids is 1. The van der Waals surface area contributed by atoms with Gasteiger partial charge in [-0.2, -0.15) is 5.26 Å². The van der Waals surface area contributed by atoms with Gasteiger partial charge in [0.1, 0.15) is 11.5 Å². The number of hydrogen-bond acceptors (Lipinski definition) is 4. The molecule has 5 nitrogen and oxygen atoms in total. The molecular weight excluding hydrogens is 268 g/mol. The fraction of sp³-hybridized carbons (Fsp3) is 0.125. The molecule has 0 aliphatic heterocycles. The fourth-order valence-corrected chi connectivity index (χ4v) is 1.65. The van der Waals surface area contributed by atoms with Gasteiger partial charge in [0.15, 0.2) is 6.61 Å². The van der Waals surface area contributed by atoms with E-state index in [0.717, 1.165) is 5.75 Å². The van der Waals surface area contributed by atoms with Crippen molar-refractivity contribution in [2.45, 2.75) is 0 Å². The third-order valence-electron chi connectivity index (χ3n) is 2.73. The van der Waals surface area contributed by atoms with Crippen LogP contribution in [0.5, 0.6) is 11.5 Å². The highest BCUT2D eigenvalue weighted by Crippen LogP contribution is 2.17. The van der Waals surface area contributed by atoms with Crippen molar-refractivity contribution in [1.82, 2.24) is 0 Å². The van der Waals surface area contributed by atoms with Gasteiger partial charge in [-0.25, -0.2) is 0 Å². The number of nitriles is 1. The number of rotatable bonds is 5. The Morgan fingerprint density at radius 3 is 2.29 bits per heavy atom. The first-order chi connectivity index (χ1) is 10.2. The molecule has 0 saturated heterocycles. The predicted octanol–water partition coefficient (Wildman–Crippen LogP) is 2.58. The summed E-state index contributed by atoms with van der Waals surface area (Å²) in [5, 5.41) is 11.4. The SMILES string of the molecule is COc1ccc(OCC(=O)Nc2ccc(C#N)cc2)cc1. The number of amides is 1. The molecule has 2 aromatic carbocycles. The average molecular weight is 282 g/mol. The minimum absolute atomic E-state index is 0.0909. The lowest BCUT2D eigenvalue weighted by Crippen LogP contribution is -2.20. The van der Waals surface area contributed by atoms with Gasteiger partial charge in [-0.05, 0) is 48.5 Å². The zero-order chi connectivity index (χ0) is 15.1. The molecular formula is C16H14N2O3. The van der Waals surface area contributed by atoms with Crippen LogP contribution in [0.15, 0.2) is 48.5 Å². The number of methoxy groups -OCH3 is 1. The Kier molecular flexibility index (Phi) is 4.78. The first kappa shape index (κ1) is 14.4. The van der Waals surface area contributed by atoms with Gasteiger partial charge < -0.3 is 14.8 Å². The molecule has 1 amide bonds. The molecule has 21 heavy (non-hydrogen) atoms. The predicted molar refractivity (Wildman–Crippen MR) is 78.3 cm³/mol. The second kappa shape index (κ2) is 6.96. The maximum absolute atomic E-state index is 11.7. The van der Waals surface area contributed by atoms with Crippen molar-refractivity contribution in [2.24, 2.45) is 0 Å². The van der Waals surface area contributed by atoms with E-state index < -0.39 is 0 Å². The maximum atomic E-state index is 11.7. The standard InChI is InChI=1S/C16H14N2O3/c1-20-14-6-8-15(9-7-14)21-11-16(19)18-13-4-2-12(10-17)3-5-13/h2-9H,11H2,1H3,(H,18,19). The largest absolute Gasteiger partial charge is 0.497 e. The van der Waals surface area contributed by atoms with Gasteiger partial charge in [0, 0.05) is 5.69 Å². The molecule has 0 fully saturated rings. The van der Waals surface area contributed by atoms with Crippen molar-refractivity contribution in [3.05, 3.63) is 54.1 Å². The van der Waals surface area contributed by atoms with E-state index in [1.54, 1.807) is 55.6 Å². The van der Waals surface area contributed by atoms with Crippen LogP contribution < -0.4 is 14.8 Å². The molecule has 0 heterocycles. The van der Waals surface area contributed by atoms with Crippen LogP contribution in [-0.4, -0.2) is 19.6 Å². The van der Waals surface area contributed by atoms with E-state index in [-0.39, 0.29) is 12.5 Å². The lowest BCUT2D eigenvalue weighted by Gasteiger charge is -2.08. The van der Waals surface area contributed by atoms with E-state index in [0.29, 0.717) is 17.0 Å². The molecule has 0 saturated carbocycles. The van der Waals surface area contributed by atoms with Gasteiger partial charge in [0.05, 0.1) is 18.7 Å². The normalized spacial score (nSPS) is 9.52. The molecule has 0 aliphatic carbocycles. The van der Waals surface area contributed by atoms with Crippen molar-refractivity contribution in [2.75, 3.05) is 19.0 Å². The monoisotopic (exact) mass is 282 g/mol. The van der Waals surface area contributed by atoms with E-state index in [4.69, 9.17) is 14.7 Å². The molecule has 2 rings (SSSR count). The molecule has 5 heteroatoms. The maximum Gasteiger partial charge on any atom is 0.262 e. The summed E-state index contributed by atoms with van der Waals surface area (Å²) >= 11 is 0. The van der Waals surface area contributed by atoms with Crippen LogP contribution in [0.2, 0.25) is 0 Å². The summed E-state index contributed by atoms with van der Waals surface area (Å²) in [5.41, 5.74) is 1.17. The molecule has 0 aromatic heterocycles. The molecule has 0 bridgehead atoms. The number of carbonyl (C=O) groups is 1. The highest BCUT2D eigenvalue weighted by Gasteiger charge is 2.04. The number of hydrogen-bond donors (Lipinski definition) is 1. The highest BCUT2D eigenvalue weighted by atomic mass is 16.5. The third kappa shape index (κ3) is 4.25. The Labute approximate surface area is 122 Å². The summed E-state index contributed by atoms with van der Waals surface area (Å²) < 4.78 is 10.4. The smallest absolute Gasteiger partial charge is 0.262 e. The molecule has 0 unspecified atom stereocenters. The summed E-state index contributed by atoms with van der Waals surface area (Å²) in [7, 11) is 1.58. The summed E-state index contributed by atoms with van der Waals surface area (Å²) in [4.78, 5) is 11.7. The Bertz CT molecular complexity index is 643. The topological polar surface area (TPSA) is 71.3 Å². The second-order valence-corrected chi connectivity index (χ2v) is 4.20. The van der Waals surface area contributed by atoms with Gasteiger partial charge in [0.2, 0.25) is 0 Å². The minimum atomic E-state index is -0.268. The molecule has 0 radical (unpaired) electrons. The van der Waals surface area contributed by atoms with E-state index in [1.165, 1.54) is 0 Å². The van der Waals surface area contributed by atoms with E-state index in [2.05, 4.69) is 5.32 Å². The lowest BCUT2D eigenvalue weighted by molar-refractivity contribution is -0.118. The van der Waals surface area contributed by atoms with Gasteiger partial charge >= 0.3 is 0 Å². The Balaban J connectivity index is 1.85. The number of nitrogens with one attached hydrogen (secondary N) is 1. The average Bonchev–Trinajstić information content (AvgIpc) is 2.54. The van der Waals surface area contributed by atoms with Crippen LogP contribution in [-0.2, 0) is 4.79 Å². The molecule has 1 N–H and O–H groups in total. The van der Waals surface area contributed by atoms with E-state index in [9.17, 15) is 4.79 Å². The molecule has 106 valence electrons. The zero-order valence-electron chi connectivity index (χ0n) is 11.5. The first-order valence-corrected chi connectivity index (χ1v) is 6.28. The van der Waals surface area contributed by atoms with E-state index in [1.807, 2.05) is 6.07 Å². The first-order valence-electron chi connectivity index (χ1n) is 6.28. The second-order valence-electron chi connectivity index (χ2n) is 4.20. The molecule has 2 aromatic rings. The number of ether oxygens (including phenoxy) is 2. The highest BCUT2D eigenvalue weighted by molar-refractivity contribution is 5.91. The summed E-state index contributed by atoms with van der Waals surface area (Å²) in [6, 6.07) is 15.6. The van der Waals surface area contributed by atoms with Crippen molar-refractivity contribution in [3.63, 3.8) is 0 Å². The quantitative estimate of drug-likeness (QED) is 0.915. The van der Waals surface area contributed by atoms with Crippen LogP contribution >= 0.6 is 0 Å². The zero-order valence-corrected chi connectivity index (χ0v) is 11.5. The van der Waals surface area contributed by atoms with Crippen LogP contribution in [0.4, 0.5) is 5.69 Å². The molecule has 0 spiro atoms. The molecule has 0 aliphatic rings. The van der Waals surface area contributed by atoms with Gasteiger partial charge in [-0.1, -0.05) is 0 Å². The number of nitrogens with zero attached hydrogens (tertiary/aromatic N) is 1. The fourth-order valence-electron chi connectivity index (χ4n) is 1.65. The van der Waals surface area contributed by atoms with Crippen molar-refractivity contribution in [1.29, 1.82) is 5.26 Å². The van der Waals surface area contributed by atoms with Gasteiger partial charge in [0.25, 0.3) is 5.91 Å². The van der Waals surface area contributed by atoms with E-state index >= 15 is 0 Å². The van der Waals surface area contributed by atoms with Crippen molar-refractivity contribution >= 4 is 11.6 Å². The van der Waals surface area contributed by atoms with Gasteiger partial charge in [-0.3, -0.25) is 4.79 Å². The minimum Gasteiger partial charge on any atom is -0.497 e. The van der Waals surface area contributed by atoms with Crippen molar-refractivity contribution in [3.8, 4) is 17.6 Å². The lowest BCUT2D eigenvalue weighted by atomic mass is 10.2. The Hall–Kier alpha value is -3.00. The Morgan fingerprint density at radius 1 is 1.10 bits per heavy atom. The van der Waals surface area contributed by atoms with Crippen LogP contribution in [0.3, 0.4) is 0 Å². The summed E-state index contributed by atoms with van der Waals surface area (Å²) in [6.45, 7) is -0.0909. The number of anilines is 1. The van der Waals surface area contributed by atoms with Crippen LogP contribution in [0.1, 0.15) is 5.56 Å². The molecule has 0 atom stereocenters. The Morgan fingerprint density at radius 2 is 1.71 bits per heavy atom. The van der Waals surface area contributed by atoms with Gasteiger partial charge in [-0.15, -0.1) is 0 Å². The summed E-state index contributed by atoms with van der Waals surface area (Å²) in [5.74, 6) is 1.05. The summed E-state index contributed by atoms with van der Waals surface area (Å²) in [6.07, 6.45) is 0. The van der Waals surface area contributed by atoms with Crippen molar-refractivity contribution < 1.29 is 14.3 Å². The third-order valence-corrected chi connectivity index (χ3v) is 2.73. The van der Waals surface area contributed by atoms with Crippen LogP contribution in [0, 0.1) is 11.3 Å².